The summed E-state index contributed by atoms with van der Waals surface area (Å²) < 4.78 is 37.0. The molecule has 4 unspecified atom stereocenters. The number of aliphatic hydroxyl groups excluding tert-OH is 1. The first kappa shape index (κ1) is 21.3. The van der Waals surface area contributed by atoms with Gasteiger partial charge in [-0.2, -0.15) is 9.29 Å². The number of imidazole rings is 1. The van der Waals surface area contributed by atoms with Crippen molar-refractivity contribution in [2.45, 2.75) is 24.9 Å². The van der Waals surface area contributed by atoms with Crippen molar-refractivity contribution in [1.29, 1.82) is 0 Å². The van der Waals surface area contributed by atoms with Crippen LogP contribution in [0.1, 0.15) is 12.6 Å². The van der Waals surface area contributed by atoms with E-state index in [0.29, 0.717) is 0 Å². The molecule has 0 bridgehead atoms. The highest BCUT2D eigenvalue weighted by Crippen LogP contribution is 2.57. The van der Waals surface area contributed by atoms with Crippen LogP contribution in [-0.2, 0) is 22.7 Å². The van der Waals surface area contributed by atoms with E-state index >= 15 is 0 Å². The van der Waals surface area contributed by atoms with Crippen LogP contribution >= 0.6 is 27.9 Å². The minimum Gasteiger partial charge on any atom is -0.388 e. The molecule has 8 N–H and O–H groups in total. The van der Waals surface area contributed by atoms with E-state index in [9.17, 15) is 23.9 Å². The van der Waals surface area contributed by atoms with Gasteiger partial charge in [-0.1, -0.05) is 0 Å². The number of rotatable bonds is 6. The number of nitrogens with one attached hydrogen (secondary N) is 2. The summed E-state index contributed by atoms with van der Waals surface area (Å²) in [5, 5.41) is 10.3. The minimum absolute atomic E-state index is 0.00174. The fourth-order valence-corrected chi connectivity index (χ4v) is 4.58. The molecule has 0 spiro atoms. The Morgan fingerprint density at radius 3 is 2.68 bits per heavy atom. The second-order valence-corrected chi connectivity index (χ2v) is 8.95. The summed E-state index contributed by atoms with van der Waals surface area (Å²) >= 11 is 5.13. The van der Waals surface area contributed by atoms with Crippen molar-refractivity contribution in [3.8, 4) is 0 Å². The molecule has 2 aromatic heterocycles. The molecule has 0 radical (unpaired) electrons. The van der Waals surface area contributed by atoms with Crippen LogP contribution in [0.2, 0.25) is 0 Å². The lowest BCUT2D eigenvalue weighted by Crippen LogP contribution is -2.21. The molecule has 156 valence electrons. The molecular weight excluding hydrogens is 444 g/mol. The van der Waals surface area contributed by atoms with Crippen LogP contribution < -0.4 is 11.3 Å². The summed E-state index contributed by atoms with van der Waals surface area (Å²) in [5.41, 5.74) is 4.96. The first-order chi connectivity index (χ1) is 12.9. The van der Waals surface area contributed by atoms with Gasteiger partial charge in [-0.3, -0.25) is 18.9 Å². The summed E-state index contributed by atoms with van der Waals surface area (Å²) in [6.45, 7) is -0.632. The van der Waals surface area contributed by atoms with E-state index in [1.807, 2.05) is 0 Å². The summed E-state index contributed by atoms with van der Waals surface area (Å²) in [4.78, 5) is 47.2. The van der Waals surface area contributed by atoms with Gasteiger partial charge in [0.25, 0.3) is 5.56 Å². The third-order valence-electron chi connectivity index (χ3n) is 3.65. The largest absolute Gasteiger partial charge is 0.481 e. The molecule has 2 aromatic rings. The van der Waals surface area contributed by atoms with Crippen LogP contribution in [0.15, 0.2) is 4.79 Å². The van der Waals surface area contributed by atoms with E-state index in [0.717, 1.165) is 0 Å². The molecule has 28 heavy (non-hydrogen) atoms. The summed E-state index contributed by atoms with van der Waals surface area (Å²) in [7, 11) is -10.3. The van der Waals surface area contributed by atoms with Gasteiger partial charge in [0.15, 0.2) is 22.2 Å². The van der Waals surface area contributed by atoms with Gasteiger partial charge in [0, 0.05) is 6.42 Å². The molecule has 1 fully saturated rings. The number of ether oxygens (including phenoxy) is 1. The standard InChI is InChI=1S/C10H15N5O10P2S/c11-9-13-6-5(7(17)14-9)12-10(28)15(6)8-4(16)1-3(24-8)2-23-27(21,22)25-26(18,19)20/h3-4,8,16H,1-2H2,(H,12,28)(H,21,22)(H2,18,19,20)(H3,11,13,14,17). The zero-order chi connectivity index (χ0) is 20.9. The van der Waals surface area contributed by atoms with E-state index < -0.39 is 46.2 Å². The number of H-pyrrole nitrogens is 2. The van der Waals surface area contributed by atoms with Gasteiger partial charge in [0.1, 0.15) is 6.10 Å². The number of fused-ring (bicyclic) bond motifs is 1. The van der Waals surface area contributed by atoms with Gasteiger partial charge in [-0.25, -0.2) is 9.13 Å². The Balaban J connectivity index is 1.80. The van der Waals surface area contributed by atoms with E-state index in [4.69, 9.17) is 32.5 Å². The van der Waals surface area contributed by atoms with Crippen molar-refractivity contribution < 1.29 is 42.5 Å². The maximum atomic E-state index is 11.9. The Morgan fingerprint density at radius 1 is 1.36 bits per heavy atom. The molecule has 3 heterocycles. The van der Waals surface area contributed by atoms with Gasteiger partial charge in [0.05, 0.1) is 12.7 Å². The van der Waals surface area contributed by atoms with Crippen molar-refractivity contribution in [2.75, 3.05) is 12.3 Å². The topological polar surface area (TPSA) is 235 Å². The molecule has 1 aliphatic rings. The van der Waals surface area contributed by atoms with Crippen LogP contribution in [-0.4, -0.2) is 58.1 Å². The number of aromatic nitrogens is 4. The Bertz CT molecular complexity index is 1110. The minimum atomic E-state index is -5.26. The molecule has 0 saturated carbocycles. The van der Waals surface area contributed by atoms with Crippen molar-refractivity contribution in [2.24, 2.45) is 0 Å². The SMILES string of the molecule is Nc1nc2c([nH]c(=S)n2C2OC(COP(=O)(O)OP(=O)(O)O)CC2O)c(=O)[nH]1. The number of nitrogen functional groups attached to an aromatic ring is 1. The lowest BCUT2D eigenvalue weighted by Gasteiger charge is -2.18. The maximum absolute atomic E-state index is 11.9. The Labute approximate surface area is 159 Å². The number of anilines is 1. The molecule has 0 aromatic carbocycles. The van der Waals surface area contributed by atoms with E-state index in [-0.39, 0.29) is 28.3 Å². The predicted molar refractivity (Wildman–Crippen MR) is 93.4 cm³/mol. The number of phosphoric ester groups is 1. The van der Waals surface area contributed by atoms with Crippen LogP contribution in [0.25, 0.3) is 11.2 Å². The second-order valence-electron chi connectivity index (χ2n) is 5.74. The Morgan fingerprint density at radius 2 is 2.04 bits per heavy atom. The first-order valence-corrected chi connectivity index (χ1v) is 10.9. The predicted octanol–water partition coefficient (Wildman–Crippen LogP) is -0.761. The maximum Gasteiger partial charge on any atom is 0.481 e. The second kappa shape index (κ2) is 7.42. The molecule has 18 heteroatoms. The molecule has 0 aliphatic carbocycles. The highest BCUT2D eigenvalue weighted by Gasteiger charge is 2.39. The van der Waals surface area contributed by atoms with E-state index in [2.05, 4.69) is 23.8 Å². The third kappa shape index (κ3) is 4.58. The van der Waals surface area contributed by atoms with Gasteiger partial charge < -0.3 is 35.2 Å². The van der Waals surface area contributed by atoms with Crippen LogP contribution in [0.3, 0.4) is 0 Å². The number of nitrogens with zero attached hydrogens (tertiary/aromatic N) is 2. The molecule has 0 amide bonds. The Kier molecular flexibility index (Phi) is 5.64. The number of nitrogens with two attached hydrogens (primary N) is 1. The van der Waals surface area contributed by atoms with Crippen molar-refractivity contribution in [3.63, 3.8) is 0 Å². The lowest BCUT2D eigenvalue weighted by molar-refractivity contribution is -0.0487. The van der Waals surface area contributed by atoms with Gasteiger partial charge >= 0.3 is 15.6 Å². The van der Waals surface area contributed by atoms with Gasteiger partial charge in [0.2, 0.25) is 5.95 Å². The highest BCUT2D eigenvalue weighted by atomic mass is 32.1. The zero-order valence-electron chi connectivity index (χ0n) is 13.7. The summed E-state index contributed by atoms with van der Waals surface area (Å²) in [6.07, 6.45) is -3.37. The first-order valence-electron chi connectivity index (χ1n) is 7.44. The monoisotopic (exact) mass is 459 g/mol. The van der Waals surface area contributed by atoms with Crippen molar-refractivity contribution >= 4 is 45.0 Å². The fraction of sp³-hybridized carbons (Fsp3) is 0.500. The summed E-state index contributed by atoms with van der Waals surface area (Å²) in [5.74, 6) is -0.191. The number of hydrogen-bond acceptors (Lipinski definition) is 10. The molecule has 1 aliphatic heterocycles. The van der Waals surface area contributed by atoms with Crippen LogP contribution in [0.4, 0.5) is 5.95 Å². The molecule has 3 rings (SSSR count). The number of aromatic amines is 2. The van der Waals surface area contributed by atoms with Crippen LogP contribution in [0, 0.1) is 4.77 Å². The third-order valence-corrected chi connectivity index (χ3v) is 6.10. The smallest absolute Gasteiger partial charge is 0.388 e. The van der Waals surface area contributed by atoms with Crippen molar-refractivity contribution in [3.05, 3.63) is 15.1 Å². The molecular formula is C10H15N5O10P2S. The normalized spacial score (nSPS) is 25.2. The zero-order valence-corrected chi connectivity index (χ0v) is 16.3. The molecule has 4 atom stereocenters. The quantitative estimate of drug-likeness (QED) is 0.208. The highest BCUT2D eigenvalue weighted by molar-refractivity contribution is 7.71. The van der Waals surface area contributed by atoms with E-state index in [1.165, 1.54) is 4.57 Å². The number of hydrogen-bond donors (Lipinski definition) is 7. The summed E-state index contributed by atoms with van der Waals surface area (Å²) in [6, 6.07) is 0. The van der Waals surface area contributed by atoms with Gasteiger partial charge in [-0.15, -0.1) is 0 Å². The molecule has 15 nitrogen and oxygen atoms in total. The average Bonchev–Trinajstić information content (AvgIpc) is 3.03. The lowest BCUT2D eigenvalue weighted by atomic mass is 10.2. The number of aliphatic hydroxyl groups is 1. The van der Waals surface area contributed by atoms with Crippen molar-refractivity contribution in [1.82, 2.24) is 19.5 Å². The Hall–Kier alpha value is -1.45. The fourth-order valence-electron chi connectivity index (χ4n) is 2.67. The van der Waals surface area contributed by atoms with Gasteiger partial charge in [-0.05, 0) is 12.2 Å². The van der Waals surface area contributed by atoms with E-state index in [1.54, 1.807) is 0 Å². The van der Waals surface area contributed by atoms with Crippen LogP contribution in [0.5, 0.6) is 0 Å². The average molecular weight is 459 g/mol. The molecule has 1 saturated heterocycles. The number of phosphoric acid groups is 2.